The Morgan fingerprint density at radius 1 is 1.47 bits per heavy atom. The van der Waals surface area contributed by atoms with Crippen molar-refractivity contribution in [2.75, 3.05) is 13.1 Å². The molecule has 2 amide bonds. The van der Waals surface area contributed by atoms with E-state index in [2.05, 4.69) is 11.9 Å². The number of aliphatic carboxylic acids is 1. The van der Waals surface area contributed by atoms with Crippen LogP contribution < -0.4 is 5.32 Å². The van der Waals surface area contributed by atoms with Crippen LogP contribution in [0, 0.1) is 5.41 Å². The summed E-state index contributed by atoms with van der Waals surface area (Å²) in [5.41, 5.74) is -0.0707. The van der Waals surface area contributed by atoms with Gasteiger partial charge in [0.2, 0.25) is 0 Å². The molecule has 0 radical (unpaired) electrons. The standard InChI is InChI=1S/C12H22N2O3/c1-6-7-14(8-10(15)16)11(17)13-9(2)12(3,4)5/h6,9H,1,7-8H2,2-5H3,(H,13,17)(H,15,16). The monoisotopic (exact) mass is 242 g/mol. The molecule has 5 nitrogen and oxygen atoms in total. The normalized spacial score (nSPS) is 12.7. The smallest absolute Gasteiger partial charge is 0.323 e. The van der Waals surface area contributed by atoms with E-state index in [9.17, 15) is 9.59 Å². The molecule has 17 heavy (non-hydrogen) atoms. The van der Waals surface area contributed by atoms with Gasteiger partial charge < -0.3 is 15.3 Å². The maximum absolute atomic E-state index is 11.8. The maximum Gasteiger partial charge on any atom is 0.323 e. The van der Waals surface area contributed by atoms with Gasteiger partial charge in [0.15, 0.2) is 0 Å². The lowest BCUT2D eigenvalue weighted by Gasteiger charge is -2.30. The molecule has 0 bridgehead atoms. The lowest BCUT2D eigenvalue weighted by molar-refractivity contribution is -0.137. The molecule has 0 aromatic heterocycles. The summed E-state index contributed by atoms with van der Waals surface area (Å²) in [4.78, 5) is 23.7. The molecule has 1 unspecified atom stereocenters. The molecular formula is C12H22N2O3. The second-order valence-corrected chi connectivity index (χ2v) is 5.10. The van der Waals surface area contributed by atoms with E-state index in [-0.39, 0.29) is 30.6 Å². The van der Waals surface area contributed by atoms with E-state index in [0.717, 1.165) is 0 Å². The zero-order valence-electron chi connectivity index (χ0n) is 11.0. The van der Waals surface area contributed by atoms with Gasteiger partial charge in [-0.1, -0.05) is 26.8 Å². The molecule has 0 rings (SSSR count). The van der Waals surface area contributed by atoms with E-state index in [4.69, 9.17) is 5.11 Å². The molecule has 0 saturated carbocycles. The zero-order valence-corrected chi connectivity index (χ0v) is 11.0. The maximum atomic E-state index is 11.8. The Morgan fingerprint density at radius 2 is 2.00 bits per heavy atom. The van der Waals surface area contributed by atoms with Gasteiger partial charge in [0.25, 0.3) is 0 Å². The number of nitrogens with one attached hydrogen (secondary N) is 1. The van der Waals surface area contributed by atoms with E-state index in [1.54, 1.807) is 0 Å². The number of hydrogen-bond donors (Lipinski definition) is 2. The number of carbonyl (C=O) groups is 2. The Morgan fingerprint density at radius 3 is 2.35 bits per heavy atom. The van der Waals surface area contributed by atoms with Crippen LogP contribution >= 0.6 is 0 Å². The Labute approximate surface area is 102 Å². The van der Waals surface area contributed by atoms with Gasteiger partial charge in [0, 0.05) is 12.6 Å². The predicted molar refractivity (Wildman–Crippen MR) is 66.9 cm³/mol. The molecule has 0 heterocycles. The molecule has 0 aromatic carbocycles. The molecule has 0 aliphatic rings. The topological polar surface area (TPSA) is 69.6 Å². The molecular weight excluding hydrogens is 220 g/mol. The van der Waals surface area contributed by atoms with Crippen molar-refractivity contribution < 1.29 is 14.7 Å². The first-order chi connectivity index (χ1) is 7.68. The molecule has 0 aromatic rings. The number of urea groups is 1. The molecule has 98 valence electrons. The van der Waals surface area contributed by atoms with Gasteiger partial charge in [-0.2, -0.15) is 0 Å². The minimum absolute atomic E-state index is 0.0453. The Hall–Kier alpha value is -1.52. The summed E-state index contributed by atoms with van der Waals surface area (Å²) in [6.45, 7) is 11.3. The number of hydrogen-bond acceptors (Lipinski definition) is 2. The van der Waals surface area contributed by atoms with Crippen LogP contribution in [0.1, 0.15) is 27.7 Å². The number of carboxylic acid groups (broad SMARTS) is 1. The van der Waals surface area contributed by atoms with Gasteiger partial charge >= 0.3 is 12.0 Å². The van der Waals surface area contributed by atoms with Crippen LogP contribution in [0.25, 0.3) is 0 Å². The highest BCUT2D eigenvalue weighted by Gasteiger charge is 2.24. The van der Waals surface area contributed by atoms with E-state index in [1.165, 1.54) is 11.0 Å². The van der Waals surface area contributed by atoms with Crippen molar-refractivity contribution >= 4 is 12.0 Å². The third-order valence-corrected chi connectivity index (χ3v) is 2.60. The average Bonchev–Trinajstić information content (AvgIpc) is 2.14. The van der Waals surface area contributed by atoms with Crippen LogP contribution in [0.5, 0.6) is 0 Å². The van der Waals surface area contributed by atoms with Crippen LogP contribution in [0.15, 0.2) is 12.7 Å². The van der Waals surface area contributed by atoms with Crippen LogP contribution in [-0.2, 0) is 4.79 Å². The lowest BCUT2D eigenvalue weighted by atomic mass is 9.88. The van der Waals surface area contributed by atoms with Gasteiger partial charge in [-0.15, -0.1) is 6.58 Å². The van der Waals surface area contributed by atoms with Gasteiger partial charge in [-0.25, -0.2) is 4.79 Å². The number of nitrogens with zero attached hydrogens (tertiary/aromatic N) is 1. The summed E-state index contributed by atoms with van der Waals surface area (Å²) in [5, 5.41) is 11.5. The molecule has 0 spiro atoms. The van der Waals surface area contributed by atoms with Crippen LogP contribution in [-0.4, -0.2) is 41.1 Å². The van der Waals surface area contributed by atoms with Crippen molar-refractivity contribution in [2.24, 2.45) is 5.41 Å². The Balaban J connectivity index is 4.52. The van der Waals surface area contributed by atoms with E-state index in [0.29, 0.717) is 0 Å². The number of amides is 2. The van der Waals surface area contributed by atoms with Crippen molar-refractivity contribution in [3.8, 4) is 0 Å². The van der Waals surface area contributed by atoms with Gasteiger partial charge in [0.1, 0.15) is 6.54 Å². The van der Waals surface area contributed by atoms with Gasteiger partial charge in [-0.3, -0.25) is 4.79 Å². The number of carboxylic acids is 1. The molecule has 0 fully saturated rings. The van der Waals surface area contributed by atoms with Crippen molar-refractivity contribution in [1.29, 1.82) is 0 Å². The third-order valence-electron chi connectivity index (χ3n) is 2.60. The molecule has 0 saturated heterocycles. The molecule has 0 aliphatic heterocycles. The van der Waals surface area contributed by atoms with Crippen LogP contribution in [0.3, 0.4) is 0 Å². The van der Waals surface area contributed by atoms with Crippen molar-refractivity contribution in [2.45, 2.75) is 33.7 Å². The largest absolute Gasteiger partial charge is 0.480 e. The summed E-state index contributed by atoms with van der Waals surface area (Å²) in [5.74, 6) is -1.04. The first kappa shape index (κ1) is 15.5. The fourth-order valence-electron chi connectivity index (χ4n) is 1.03. The SMILES string of the molecule is C=CCN(CC(=O)O)C(=O)NC(C)C(C)(C)C. The molecule has 5 heteroatoms. The predicted octanol–water partition coefficient (Wildman–Crippen LogP) is 1.70. The van der Waals surface area contributed by atoms with Crippen molar-refractivity contribution in [3.05, 3.63) is 12.7 Å². The average molecular weight is 242 g/mol. The Bertz CT molecular complexity index is 295. The summed E-state index contributed by atoms with van der Waals surface area (Å²) in [6.07, 6.45) is 1.50. The molecule has 1 atom stereocenters. The van der Waals surface area contributed by atoms with Crippen LogP contribution in [0.2, 0.25) is 0 Å². The second kappa shape index (κ2) is 6.27. The first-order valence-corrected chi connectivity index (χ1v) is 5.56. The van der Waals surface area contributed by atoms with E-state index in [1.807, 2.05) is 27.7 Å². The fourth-order valence-corrected chi connectivity index (χ4v) is 1.03. The molecule has 2 N–H and O–H groups in total. The number of carbonyl (C=O) groups excluding carboxylic acids is 1. The van der Waals surface area contributed by atoms with Crippen molar-refractivity contribution in [3.63, 3.8) is 0 Å². The van der Waals surface area contributed by atoms with Crippen LogP contribution in [0.4, 0.5) is 4.79 Å². The van der Waals surface area contributed by atoms with E-state index >= 15 is 0 Å². The highest BCUT2D eigenvalue weighted by Crippen LogP contribution is 2.18. The summed E-state index contributed by atoms with van der Waals surface area (Å²) in [7, 11) is 0. The fraction of sp³-hybridized carbons (Fsp3) is 0.667. The minimum atomic E-state index is -1.04. The van der Waals surface area contributed by atoms with Gasteiger partial charge in [-0.05, 0) is 12.3 Å². The van der Waals surface area contributed by atoms with E-state index < -0.39 is 5.97 Å². The third kappa shape index (κ3) is 5.94. The Kier molecular flexibility index (Phi) is 5.71. The minimum Gasteiger partial charge on any atom is -0.480 e. The highest BCUT2D eigenvalue weighted by atomic mass is 16.4. The second-order valence-electron chi connectivity index (χ2n) is 5.10. The van der Waals surface area contributed by atoms with Crippen molar-refractivity contribution in [1.82, 2.24) is 10.2 Å². The molecule has 0 aliphatic carbocycles. The quantitative estimate of drug-likeness (QED) is 0.721. The first-order valence-electron chi connectivity index (χ1n) is 5.56. The lowest BCUT2D eigenvalue weighted by Crippen LogP contribution is -2.49. The summed E-state index contributed by atoms with van der Waals surface area (Å²) < 4.78 is 0. The van der Waals surface area contributed by atoms with Gasteiger partial charge in [0.05, 0.1) is 0 Å². The number of rotatable bonds is 5. The summed E-state index contributed by atoms with van der Waals surface area (Å²) in [6, 6.07) is -0.425. The zero-order chi connectivity index (χ0) is 13.6. The summed E-state index contributed by atoms with van der Waals surface area (Å²) >= 11 is 0. The highest BCUT2D eigenvalue weighted by molar-refractivity contribution is 5.80.